The van der Waals surface area contributed by atoms with Crippen molar-refractivity contribution in [2.75, 3.05) is 7.11 Å². The summed E-state index contributed by atoms with van der Waals surface area (Å²) in [6, 6.07) is 0. The van der Waals surface area contributed by atoms with E-state index >= 15 is 0 Å². The minimum Gasteiger partial charge on any atom is -0.483 e. The number of hydrogen-bond donors (Lipinski definition) is 2. The third-order valence-electron chi connectivity index (χ3n) is 0. The molecule has 10 heavy (non-hydrogen) atoms. The lowest BCUT2D eigenvalue weighted by molar-refractivity contribution is -0.122. The van der Waals surface area contributed by atoms with Crippen molar-refractivity contribution in [1.82, 2.24) is 0 Å². The number of carboxylic acid groups (broad SMARTS) is 1. The zero-order valence-corrected chi connectivity index (χ0v) is 7.36. The van der Waals surface area contributed by atoms with Gasteiger partial charge in [0, 0.05) is 7.11 Å². The normalized spacial score (nSPS) is 5.40. The van der Waals surface area contributed by atoms with E-state index in [1.807, 2.05) is 0 Å². The van der Waals surface area contributed by atoms with E-state index in [1.165, 1.54) is 0 Å². The molecule has 0 saturated heterocycles. The lowest BCUT2D eigenvalue weighted by Crippen LogP contribution is -1.55. The molecule has 0 bridgehead atoms. The van der Waals surface area contributed by atoms with Crippen LogP contribution in [0.15, 0.2) is 0 Å². The van der Waals surface area contributed by atoms with Crippen LogP contribution in [0.25, 0.3) is 0 Å². The molecule has 0 saturated carbocycles. The van der Waals surface area contributed by atoms with Crippen LogP contribution in [-0.2, 0) is 4.79 Å². The van der Waals surface area contributed by atoms with Gasteiger partial charge in [0.2, 0.25) is 0 Å². The van der Waals surface area contributed by atoms with Crippen molar-refractivity contribution in [3.05, 3.63) is 0 Å². The molecule has 0 aliphatic carbocycles. The van der Waals surface area contributed by atoms with Crippen LogP contribution in [0.2, 0.25) is 0 Å². The smallest absolute Gasteiger partial charge is 0.290 e. The van der Waals surface area contributed by atoms with Crippen molar-refractivity contribution < 1.29 is 20.5 Å². The van der Waals surface area contributed by atoms with Crippen LogP contribution in [0, 0.1) is 0 Å². The lowest BCUT2D eigenvalue weighted by atomic mass is 11.7. The zero-order chi connectivity index (χ0) is 8.28. The Morgan fingerprint density at radius 2 is 1.30 bits per heavy atom. The average Bonchev–Trinajstić information content (AvgIpc) is 1.71. The molecule has 0 aromatic carbocycles. The SMILES string of the molecule is CO.ClC(Cl)Cl.O.O=CO. The topological polar surface area (TPSA) is 89.0 Å². The number of rotatable bonds is 0. The Kier molecular flexibility index (Phi) is 78.2. The molecule has 0 aromatic rings. The molecule has 4 nitrogen and oxygen atoms in total. The summed E-state index contributed by atoms with van der Waals surface area (Å²) in [6.07, 6.45) is 0. The van der Waals surface area contributed by atoms with Gasteiger partial charge < -0.3 is 15.7 Å². The predicted molar refractivity (Wildman–Crippen MR) is 41.8 cm³/mol. The number of aliphatic hydroxyl groups excluding tert-OH is 1. The molecule has 0 aliphatic heterocycles. The van der Waals surface area contributed by atoms with Gasteiger partial charge in [-0.15, -0.1) is 0 Å². The third-order valence-corrected chi connectivity index (χ3v) is 0. The highest BCUT2D eigenvalue weighted by molar-refractivity contribution is 6.63. The largest absolute Gasteiger partial charge is 0.483 e. The Labute approximate surface area is 73.6 Å². The molecule has 7 heteroatoms. The van der Waals surface area contributed by atoms with Gasteiger partial charge in [0.25, 0.3) is 6.47 Å². The van der Waals surface area contributed by atoms with Crippen molar-refractivity contribution in [2.24, 2.45) is 0 Å². The molecule has 0 atom stereocenters. The molecule has 0 heterocycles. The van der Waals surface area contributed by atoms with Crippen LogP contribution < -0.4 is 0 Å². The van der Waals surface area contributed by atoms with E-state index in [2.05, 4.69) is 0 Å². The first-order chi connectivity index (χ1) is 4.15. The molecule has 0 aromatic heterocycles. The van der Waals surface area contributed by atoms with Crippen molar-refractivity contribution >= 4 is 41.3 Å². The van der Waals surface area contributed by atoms with Crippen molar-refractivity contribution in [1.29, 1.82) is 0 Å². The molecule has 66 valence electrons. The van der Waals surface area contributed by atoms with E-state index in [9.17, 15) is 0 Å². The number of aliphatic hydroxyl groups is 1. The van der Waals surface area contributed by atoms with E-state index in [-0.39, 0.29) is 11.9 Å². The molecule has 0 amide bonds. The molecule has 0 rings (SSSR count). The highest BCUT2D eigenvalue weighted by atomic mass is 35.6. The maximum Gasteiger partial charge on any atom is 0.290 e. The summed E-state index contributed by atoms with van der Waals surface area (Å²) in [4.78, 5) is 8.36. The second kappa shape index (κ2) is 34.8. The quantitative estimate of drug-likeness (QED) is 0.455. The Morgan fingerprint density at radius 3 is 1.30 bits per heavy atom. The van der Waals surface area contributed by atoms with Gasteiger partial charge in [-0.2, -0.15) is 0 Å². The standard InChI is InChI=1S/CHCl3.CH2O2.CH4O.H2O/c2-1(3)4;2-1-3;1-2;/h1H;1H,(H,2,3);2H,1H3;1H2. The van der Waals surface area contributed by atoms with Crippen LogP contribution in [-0.4, -0.2) is 33.6 Å². The highest BCUT2D eigenvalue weighted by Crippen LogP contribution is 2.03. The maximum absolute atomic E-state index is 8.36. The zero-order valence-electron chi connectivity index (χ0n) is 5.09. The highest BCUT2D eigenvalue weighted by Gasteiger charge is 1.78. The van der Waals surface area contributed by atoms with Gasteiger partial charge >= 0.3 is 0 Å². The minimum atomic E-state index is -0.750. The van der Waals surface area contributed by atoms with Crippen LogP contribution in [0.1, 0.15) is 0 Å². The molecular weight excluding hydrogens is 206 g/mol. The molecule has 4 N–H and O–H groups in total. The number of alkyl halides is 3. The summed E-state index contributed by atoms with van der Waals surface area (Å²) in [5.74, 6) is 0. The van der Waals surface area contributed by atoms with Crippen molar-refractivity contribution in [3.8, 4) is 0 Å². The summed E-state index contributed by atoms with van der Waals surface area (Å²) in [6.45, 7) is -0.250. The molecule has 0 aliphatic rings. The second-order valence-corrected chi connectivity index (χ2v) is 2.33. The first-order valence-corrected chi connectivity index (χ1v) is 2.91. The van der Waals surface area contributed by atoms with E-state index in [0.717, 1.165) is 7.11 Å². The molecule has 0 spiro atoms. The van der Waals surface area contributed by atoms with Gasteiger partial charge in [-0.3, -0.25) is 4.79 Å². The fourth-order valence-electron chi connectivity index (χ4n) is 0. The van der Waals surface area contributed by atoms with Gasteiger partial charge in [-0.1, -0.05) is 34.8 Å². The van der Waals surface area contributed by atoms with Gasteiger partial charge in [0.05, 0.1) is 0 Å². The molecule has 0 unspecified atom stereocenters. The van der Waals surface area contributed by atoms with E-state index in [0.29, 0.717) is 0 Å². The fraction of sp³-hybridized carbons (Fsp3) is 0.667. The number of hydrogen-bond acceptors (Lipinski definition) is 2. The van der Waals surface area contributed by atoms with Crippen LogP contribution in [0.3, 0.4) is 0 Å². The summed E-state index contributed by atoms with van der Waals surface area (Å²) in [7, 11) is 1.00. The Bertz CT molecular complexity index is 40.0. The summed E-state index contributed by atoms with van der Waals surface area (Å²) >= 11 is 14.4. The van der Waals surface area contributed by atoms with Gasteiger partial charge in [0.15, 0.2) is 4.30 Å². The maximum atomic E-state index is 8.36. The second-order valence-electron chi connectivity index (χ2n) is 0.353. The molecule has 0 radical (unpaired) electrons. The van der Waals surface area contributed by atoms with Crippen LogP contribution in [0.4, 0.5) is 0 Å². The minimum absolute atomic E-state index is 0. The Balaban J connectivity index is -0.0000000273. The first-order valence-electron chi connectivity index (χ1n) is 1.60. The number of halogens is 3. The van der Waals surface area contributed by atoms with E-state index in [4.69, 9.17) is 49.8 Å². The monoisotopic (exact) mass is 214 g/mol. The lowest BCUT2D eigenvalue weighted by Gasteiger charge is -1.69. The van der Waals surface area contributed by atoms with Crippen LogP contribution in [0.5, 0.6) is 0 Å². The Hall–Kier alpha value is 0.260. The predicted octanol–water partition coefficient (Wildman–Crippen LogP) is 0.471. The summed E-state index contributed by atoms with van der Waals surface area (Å²) in [5, 5.41) is 13.9. The van der Waals surface area contributed by atoms with Gasteiger partial charge in [0.1, 0.15) is 0 Å². The van der Waals surface area contributed by atoms with Crippen LogP contribution >= 0.6 is 34.8 Å². The first kappa shape index (κ1) is 22.5. The van der Waals surface area contributed by atoms with E-state index < -0.39 is 4.30 Å². The third kappa shape index (κ3) is 6440. The van der Waals surface area contributed by atoms with E-state index in [1.54, 1.807) is 0 Å². The van der Waals surface area contributed by atoms with Crippen molar-refractivity contribution in [3.63, 3.8) is 0 Å². The molecular formula is C3H9Cl3O4. The van der Waals surface area contributed by atoms with Gasteiger partial charge in [-0.05, 0) is 0 Å². The summed E-state index contributed by atoms with van der Waals surface area (Å²) in [5.41, 5.74) is 0. The summed E-state index contributed by atoms with van der Waals surface area (Å²) < 4.78 is -0.750. The van der Waals surface area contributed by atoms with Crippen molar-refractivity contribution in [2.45, 2.75) is 4.30 Å². The fourth-order valence-corrected chi connectivity index (χ4v) is 0. The van der Waals surface area contributed by atoms with Gasteiger partial charge in [-0.25, -0.2) is 0 Å². The molecule has 0 fully saturated rings. The Morgan fingerprint density at radius 1 is 1.30 bits per heavy atom. The number of carbonyl (C=O) groups is 1. The average molecular weight is 215 g/mol.